The molecule has 0 unspecified atom stereocenters. The Hall–Kier alpha value is -3.79. The Morgan fingerprint density at radius 1 is 1.05 bits per heavy atom. The zero-order valence-electron chi connectivity index (χ0n) is 22.1. The van der Waals surface area contributed by atoms with Crippen LogP contribution in [0, 0.1) is 5.82 Å². The number of aromatic amines is 3. The molecule has 0 bridgehead atoms. The van der Waals surface area contributed by atoms with Crippen molar-refractivity contribution in [3.05, 3.63) is 84.3 Å². The summed E-state index contributed by atoms with van der Waals surface area (Å²) in [6, 6.07) is 5.78. The zero-order chi connectivity index (χ0) is 27.2. The summed E-state index contributed by atoms with van der Waals surface area (Å²) in [6.45, 7) is 10.2. The maximum absolute atomic E-state index is 13.5. The van der Waals surface area contributed by atoms with Crippen molar-refractivity contribution in [2.75, 3.05) is 32.7 Å². The molecule has 1 aliphatic heterocycles. The van der Waals surface area contributed by atoms with Gasteiger partial charge in [-0.25, -0.2) is 9.37 Å². The molecule has 3 heterocycles. The molecule has 0 aliphatic carbocycles. The van der Waals surface area contributed by atoms with Crippen molar-refractivity contribution in [1.82, 2.24) is 29.7 Å². The monoisotopic (exact) mass is 522 g/mol. The molecule has 1 saturated heterocycles. The van der Waals surface area contributed by atoms with E-state index in [4.69, 9.17) is 4.98 Å². The number of amides is 1. The minimum absolute atomic E-state index is 0.0458. The molecule has 0 saturated carbocycles. The number of nitrogens with zero attached hydrogens (tertiary/aromatic N) is 3. The van der Waals surface area contributed by atoms with Gasteiger partial charge in [-0.1, -0.05) is 32.9 Å². The Morgan fingerprint density at radius 3 is 2.37 bits per heavy atom. The molecule has 4 rings (SSSR count). The molecule has 202 valence electrons. The molecule has 3 aromatic rings. The molecule has 0 atom stereocenters. The van der Waals surface area contributed by atoms with Crippen molar-refractivity contribution in [1.29, 1.82) is 0 Å². The summed E-state index contributed by atoms with van der Waals surface area (Å²) < 4.78 is 13.5. The van der Waals surface area contributed by atoms with E-state index >= 15 is 0 Å². The second-order valence-electron chi connectivity index (χ2n) is 9.90. The summed E-state index contributed by atoms with van der Waals surface area (Å²) in [6.07, 6.45) is 5.23. The standard InChI is InChI=1S/C28H35FN6O3/c1-4-25(36)35-13-11-34(12-14-35)10-6-9-24-30-21(26(33-24)18(2)3)17-23-28(38)31-22(27(37)32-23)16-19-7-5-8-20(29)15-19/h5,7-8,15-18H,4,6,9-14H2,1-3H3,(H,30,33)(H,31,38)(H,32,37)/b22-16-,23-17-. The summed E-state index contributed by atoms with van der Waals surface area (Å²) in [5, 5.41) is 0.148. The number of piperazine rings is 1. The van der Waals surface area contributed by atoms with E-state index < -0.39 is 16.9 Å². The SMILES string of the molecule is CCC(=O)N1CCN(CCCc2nc(/C=c3\[nH]c(=O)/c(=C/c4cccc(F)c4)[nH]c3=O)c(C(C)C)[nH]2)CC1. The van der Waals surface area contributed by atoms with Gasteiger partial charge in [-0.3, -0.25) is 19.3 Å². The van der Waals surface area contributed by atoms with E-state index in [2.05, 4.69) is 19.9 Å². The Balaban J connectivity index is 1.49. The molecule has 1 aromatic carbocycles. The van der Waals surface area contributed by atoms with Crippen LogP contribution in [0.25, 0.3) is 12.2 Å². The normalized spacial score (nSPS) is 15.6. The highest BCUT2D eigenvalue weighted by Gasteiger charge is 2.19. The first kappa shape index (κ1) is 27.3. The van der Waals surface area contributed by atoms with Gasteiger partial charge in [0.1, 0.15) is 22.3 Å². The topological polar surface area (TPSA) is 118 Å². The highest BCUT2D eigenvalue weighted by Crippen LogP contribution is 2.18. The van der Waals surface area contributed by atoms with Gasteiger partial charge in [0.25, 0.3) is 11.1 Å². The van der Waals surface area contributed by atoms with E-state index in [1.807, 2.05) is 25.7 Å². The largest absolute Gasteiger partial charge is 0.345 e. The smallest absolute Gasteiger partial charge is 0.272 e. The highest BCUT2D eigenvalue weighted by molar-refractivity contribution is 5.75. The Labute approximate surface area is 220 Å². The molecule has 10 heteroatoms. The molecule has 2 aromatic heterocycles. The van der Waals surface area contributed by atoms with Crippen molar-refractivity contribution in [3.8, 4) is 0 Å². The molecular weight excluding hydrogens is 487 g/mol. The molecule has 1 aliphatic rings. The van der Waals surface area contributed by atoms with Crippen LogP contribution in [0.5, 0.6) is 0 Å². The van der Waals surface area contributed by atoms with Crippen molar-refractivity contribution < 1.29 is 9.18 Å². The van der Waals surface area contributed by atoms with Crippen LogP contribution in [0.15, 0.2) is 33.9 Å². The first-order chi connectivity index (χ1) is 18.2. The van der Waals surface area contributed by atoms with Crippen molar-refractivity contribution in [2.45, 2.75) is 46.0 Å². The lowest BCUT2D eigenvalue weighted by Crippen LogP contribution is -2.48. The quantitative estimate of drug-likeness (QED) is 0.411. The van der Waals surface area contributed by atoms with Gasteiger partial charge in [0.2, 0.25) is 5.91 Å². The van der Waals surface area contributed by atoms with Crippen molar-refractivity contribution in [3.63, 3.8) is 0 Å². The van der Waals surface area contributed by atoms with Gasteiger partial charge in [-0.2, -0.15) is 0 Å². The van der Waals surface area contributed by atoms with Gasteiger partial charge in [0, 0.05) is 44.7 Å². The third-order valence-corrected chi connectivity index (χ3v) is 6.73. The maximum Gasteiger partial charge on any atom is 0.272 e. The van der Waals surface area contributed by atoms with Crippen LogP contribution in [0.2, 0.25) is 0 Å². The fourth-order valence-electron chi connectivity index (χ4n) is 4.63. The Morgan fingerprint density at radius 2 is 1.74 bits per heavy atom. The van der Waals surface area contributed by atoms with E-state index in [0.717, 1.165) is 57.1 Å². The fourth-order valence-corrected chi connectivity index (χ4v) is 4.63. The van der Waals surface area contributed by atoms with E-state index in [1.165, 1.54) is 24.3 Å². The average molecular weight is 523 g/mol. The summed E-state index contributed by atoms with van der Waals surface area (Å²) in [4.78, 5) is 54.9. The van der Waals surface area contributed by atoms with Crippen LogP contribution >= 0.6 is 0 Å². The Kier molecular flexibility index (Phi) is 8.73. The minimum atomic E-state index is -0.484. The Bertz CT molecular complexity index is 1510. The highest BCUT2D eigenvalue weighted by atomic mass is 19.1. The van der Waals surface area contributed by atoms with E-state index in [0.29, 0.717) is 17.7 Å². The predicted octanol–water partition coefficient (Wildman–Crippen LogP) is 1.19. The maximum atomic E-state index is 13.5. The number of hydrogen-bond acceptors (Lipinski definition) is 5. The number of benzene rings is 1. The summed E-state index contributed by atoms with van der Waals surface area (Å²) >= 11 is 0. The fraction of sp³-hybridized carbons (Fsp3) is 0.429. The lowest BCUT2D eigenvalue weighted by Gasteiger charge is -2.34. The molecule has 9 nitrogen and oxygen atoms in total. The number of hydrogen-bond donors (Lipinski definition) is 3. The van der Waals surface area contributed by atoms with Gasteiger partial charge < -0.3 is 19.9 Å². The summed E-state index contributed by atoms with van der Waals surface area (Å²) in [5.41, 5.74) is 1.03. The lowest BCUT2D eigenvalue weighted by molar-refractivity contribution is -0.132. The lowest BCUT2D eigenvalue weighted by atomic mass is 10.1. The molecule has 1 fully saturated rings. The van der Waals surface area contributed by atoms with Crippen molar-refractivity contribution in [2.24, 2.45) is 0 Å². The second kappa shape index (κ2) is 12.2. The van der Waals surface area contributed by atoms with Crippen LogP contribution in [-0.4, -0.2) is 68.4 Å². The number of rotatable bonds is 8. The van der Waals surface area contributed by atoms with Crippen LogP contribution < -0.4 is 21.8 Å². The minimum Gasteiger partial charge on any atom is -0.345 e. The third kappa shape index (κ3) is 6.74. The van der Waals surface area contributed by atoms with Crippen LogP contribution in [-0.2, 0) is 11.2 Å². The van der Waals surface area contributed by atoms with E-state index in [1.54, 1.807) is 12.1 Å². The predicted molar refractivity (Wildman–Crippen MR) is 145 cm³/mol. The first-order valence-electron chi connectivity index (χ1n) is 13.1. The first-order valence-corrected chi connectivity index (χ1v) is 13.1. The number of nitrogens with one attached hydrogen (secondary N) is 3. The van der Waals surface area contributed by atoms with Gasteiger partial charge in [-0.15, -0.1) is 0 Å². The van der Waals surface area contributed by atoms with E-state index in [9.17, 15) is 18.8 Å². The number of halogens is 1. The van der Waals surface area contributed by atoms with Crippen LogP contribution in [0.1, 0.15) is 62.3 Å². The van der Waals surface area contributed by atoms with Crippen molar-refractivity contribution >= 4 is 18.1 Å². The molecule has 0 spiro atoms. The van der Waals surface area contributed by atoms with Gasteiger partial charge in [0.15, 0.2) is 0 Å². The molecular formula is C28H35FN6O3. The number of aromatic nitrogens is 4. The molecule has 0 radical (unpaired) electrons. The third-order valence-electron chi connectivity index (χ3n) is 6.73. The second-order valence-corrected chi connectivity index (χ2v) is 9.90. The summed E-state index contributed by atoms with van der Waals surface area (Å²) in [7, 11) is 0. The zero-order valence-corrected chi connectivity index (χ0v) is 22.1. The number of aryl methyl sites for hydroxylation is 1. The van der Waals surface area contributed by atoms with Gasteiger partial charge in [0.05, 0.1) is 5.69 Å². The van der Waals surface area contributed by atoms with Gasteiger partial charge >= 0.3 is 0 Å². The number of H-pyrrole nitrogens is 3. The molecule has 3 N–H and O–H groups in total. The van der Waals surface area contributed by atoms with Gasteiger partial charge in [-0.05, 0) is 48.7 Å². The number of carbonyl (C=O) groups is 1. The summed E-state index contributed by atoms with van der Waals surface area (Å²) in [5.74, 6) is 0.751. The van der Waals surface area contributed by atoms with E-state index in [-0.39, 0.29) is 22.5 Å². The number of carbonyl (C=O) groups excluding carboxylic acids is 1. The van der Waals surface area contributed by atoms with Crippen LogP contribution in [0.4, 0.5) is 4.39 Å². The number of imidazole rings is 1. The average Bonchev–Trinajstić information content (AvgIpc) is 3.30. The van der Waals surface area contributed by atoms with Crippen LogP contribution in [0.3, 0.4) is 0 Å². The molecule has 1 amide bonds. The molecule has 38 heavy (non-hydrogen) atoms.